The van der Waals surface area contributed by atoms with Crippen LogP contribution in [0, 0.1) is 5.92 Å². The van der Waals surface area contributed by atoms with Gasteiger partial charge in [-0.2, -0.15) is 0 Å². The molecule has 0 radical (unpaired) electrons. The number of phenolic OH excluding ortho intramolecular Hbond substituents is 1. The number of aliphatic carboxylic acids is 1. The number of aromatic hydroxyl groups is 1. The molecule has 0 saturated heterocycles. The van der Waals surface area contributed by atoms with Crippen molar-refractivity contribution in [3.8, 4) is 5.75 Å². The average molecular weight is 273 g/mol. The molecule has 2 N–H and O–H groups in total. The van der Waals surface area contributed by atoms with Gasteiger partial charge in [-0.1, -0.05) is 19.9 Å². The molecule has 0 aromatic heterocycles. The molecule has 1 aromatic rings. The molecule has 0 fully saturated rings. The largest absolute Gasteiger partial charge is 0.507 e. The van der Waals surface area contributed by atoms with Gasteiger partial charge in [0.2, 0.25) is 0 Å². The first kappa shape index (κ1) is 12.0. The summed E-state index contributed by atoms with van der Waals surface area (Å²) in [6.07, 6.45) is 0. The van der Waals surface area contributed by atoms with E-state index in [4.69, 9.17) is 5.11 Å². The number of benzene rings is 1. The van der Waals surface area contributed by atoms with E-state index in [1.807, 2.05) is 13.8 Å². The first-order valence-corrected chi connectivity index (χ1v) is 5.44. The zero-order valence-corrected chi connectivity index (χ0v) is 10.2. The minimum absolute atomic E-state index is 0.0129. The van der Waals surface area contributed by atoms with Crippen LogP contribution in [0.25, 0.3) is 0 Å². The van der Waals surface area contributed by atoms with Crippen LogP contribution < -0.4 is 0 Å². The lowest BCUT2D eigenvalue weighted by atomic mass is 9.88. The monoisotopic (exact) mass is 272 g/mol. The van der Waals surface area contributed by atoms with Gasteiger partial charge in [-0.25, -0.2) is 0 Å². The molecule has 0 aliphatic heterocycles. The Balaban J connectivity index is 3.12. The number of carboxylic acids is 1. The molecule has 0 bridgehead atoms. The second-order valence-electron chi connectivity index (χ2n) is 3.77. The van der Waals surface area contributed by atoms with Crippen LogP contribution in [0.1, 0.15) is 25.3 Å². The summed E-state index contributed by atoms with van der Waals surface area (Å²) in [6.45, 7) is 3.72. The van der Waals surface area contributed by atoms with Gasteiger partial charge in [0.15, 0.2) is 0 Å². The molecule has 0 aliphatic carbocycles. The molecule has 4 heteroatoms. The summed E-state index contributed by atoms with van der Waals surface area (Å²) in [7, 11) is 0. The predicted octanol–water partition coefficient (Wildman–Crippen LogP) is 2.98. The molecule has 0 saturated carbocycles. The van der Waals surface area contributed by atoms with Gasteiger partial charge in [-0.05, 0) is 39.5 Å². The fraction of sp³-hybridized carbons (Fsp3) is 0.364. The van der Waals surface area contributed by atoms with Gasteiger partial charge in [0.25, 0.3) is 0 Å². The Bertz CT molecular complexity index is 374. The van der Waals surface area contributed by atoms with Crippen molar-refractivity contribution in [2.24, 2.45) is 5.92 Å². The maximum atomic E-state index is 11.1. The molecule has 1 rings (SSSR count). The van der Waals surface area contributed by atoms with Gasteiger partial charge in [0.05, 0.1) is 10.4 Å². The lowest BCUT2D eigenvalue weighted by molar-refractivity contribution is -0.139. The number of carboxylic acid groups (broad SMARTS) is 1. The summed E-state index contributed by atoms with van der Waals surface area (Å²) in [5.41, 5.74) is 0.696. The maximum Gasteiger partial charge on any atom is 0.311 e. The molecule has 0 amide bonds. The number of halogens is 1. The molecule has 15 heavy (non-hydrogen) atoms. The van der Waals surface area contributed by atoms with Crippen LogP contribution in [-0.2, 0) is 4.79 Å². The van der Waals surface area contributed by atoms with Gasteiger partial charge < -0.3 is 10.2 Å². The zero-order valence-electron chi connectivity index (χ0n) is 8.57. The Labute approximate surface area is 96.9 Å². The molecule has 3 nitrogen and oxygen atoms in total. The van der Waals surface area contributed by atoms with E-state index in [1.54, 1.807) is 12.1 Å². The summed E-state index contributed by atoms with van der Waals surface area (Å²) < 4.78 is 0.520. The van der Waals surface area contributed by atoms with Crippen molar-refractivity contribution < 1.29 is 15.0 Å². The van der Waals surface area contributed by atoms with Crippen molar-refractivity contribution in [2.75, 3.05) is 0 Å². The van der Waals surface area contributed by atoms with Gasteiger partial charge in [-0.3, -0.25) is 4.79 Å². The number of carbonyl (C=O) groups is 1. The topological polar surface area (TPSA) is 57.5 Å². The quantitative estimate of drug-likeness (QED) is 0.890. The van der Waals surface area contributed by atoms with Gasteiger partial charge in [-0.15, -0.1) is 0 Å². The first-order valence-electron chi connectivity index (χ1n) is 4.64. The normalized spacial score (nSPS) is 12.8. The van der Waals surface area contributed by atoms with Crippen LogP contribution in [0.5, 0.6) is 5.75 Å². The highest BCUT2D eigenvalue weighted by Gasteiger charge is 2.23. The van der Waals surface area contributed by atoms with Crippen LogP contribution in [-0.4, -0.2) is 16.2 Å². The third-order valence-electron chi connectivity index (χ3n) is 2.26. The van der Waals surface area contributed by atoms with Crippen molar-refractivity contribution in [3.63, 3.8) is 0 Å². The van der Waals surface area contributed by atoms with Gasteiger partial charge in [0, 0.05) is 0 Å². The van der Waals surface area contributed by atoms with Crippen molar-refractivity contribution in [3.05, 3.63) is 28.2 Å². The summed E-state index contributed by atoms with van der Waals surface area (Å²) in [5, 5.41) is 18.4. The van der Waals surface area contributed by atoms with E-state index >= 15 is 0 Å². The van der Waals surface area contributed by atoms with Crippen LogP contribution in [0.2, 0.25) is 0 Å². The molecule has 0 heterocycles. The number of phenols is 1. The average Bonchev–Trinajstić information content (AvgIpc) is 2.10. The van der Waals surface area contributed by atoms with E-state index in [1.165, 1.54) is 6.07 Å². The van der Waals surface area contributed by atoms with E-state index < -0.39 is 11.9 Å². The van der Waals surface area contributed by atoms with Gasteiger partial charge >= 0.3 is 5.97 Å². The Hall–Kier alpha value is -1.03. The van der Waals surface area contributed by atoms with Crippen molar-refractivity contribution in [1.82, 2.24) is 0 Å². The Morgan fingerprint density at radius 3 is 2.40 bits per heavy atom. The summed E-state index contributed by atoms with van der Waals surface area (Å²) in [5.74, 6) is -1.25. The van der Waals surface area contributed by atoms with Crippen molar-refractivity contribution in [1.29, 1.82) is 0 Å². The maximum absolute atomic E-state index is 11.1. The summed E-state index contributed by atoms with van der Waals surface area (Å²) in [4.78, 5) is 11.1. The standard InChI is InChI=1S/C11H13BrO3/c1-6(2)10(11(14)15)7-3-4-9(13)8(12)5-7/h3-6,10,13H,1-2H3,(H,14,15). The fourth-order valence-corrected chi connectivity index (χ4v) is 1.93. The first-order chi connectivity index (χ1) is 6.93. The molecule has 1 unspecified atom stereocenters. The third-order valence-corrected chi connectivity index (χ3v) is 2.90. The smallest absolute Gasteiger partial charge is 0.311 e. The zero-order chi connectivity index (χ0) is 11.6. The van der Waals surface area contributed by atoms with Crippen LogP contribution in [0.15, 0.2) is 22.7 Å². The van der Waals surface area contributed by atoms with Crippen molar-refractivity contribution >= 4 is 21.9 Å². The third kappa shape index (κ3) is 2.72. The predicted molar refractivity (Wildman–Crippen MR) is 61.0 cm³/mol. The van der Waals surface area contributed by atoms with E-state index in [0.717, 1.165) is 0 Å². The molecule has 0 aliphatic rings. The lowest BCUT2D eigenvalue weighted by Crippen LogP contribution is -2.17. The SMILES string of the molecule is CC(C)C(C(=O)O)c1ccc(O)c(Br)c1. The van der Waals surface area contributed by atoms with Crippen LogP contribution in [0.4, 0.5) is 0 Å². The highest BCUT2D eigenvalue weighted by atomic mass is 79.9. The van der Waals surface area contributed by atoms with E-state index in [0.29, 0.717) is 10.0 Å². The second-order valence-corrected chi connectivity index (χ2v) is 4.63. The minimum atomic E-state index is -0.845. The molecule has 1 aromatic carbocycles. The molecular weight excluding hydrogens is 260 g/mol. The fourth-order valence-electron chi connectivity index (χ4n) is 1.53. The second kappa shape index (κ2) is 4.66. The molecular formula is C11H13BrO3. The Morgan fingerprint density at radius 2 is 2.00 bits per heavy atom. The lowest BCUT2D eigenvalue weighted by Gasteiger charge is -2.16. The summed E-state index contributed by atoms with van der Waals surface area (Å²) >= 11 is 3.17. The van der Waals surface area contributed by atoms with E-state index in [2.05, 4.69) is 15.9 Å². The Kier molecular flexibility index (Phi) is 3.74. The Morgan fingerprint density at radius 1 is 1.40 bits per heavy atom. The molecule has 82 valence electrons. The molecule has 1 atom stereocenters. The highest BCUT2D eigenvalue weighted by Crippen LogP contribution is 2.31. The van der Waals surface area contributed by atoms with E-state index in [-0.39, 0.29) is 11.7 Å². The number of rotatable bonds is 3. The minimum Gasteiger partial charge on any atom is -0.507 e. The highest BCUT2D eigenvalue weighted by molar-refractivity contribution is 9.10. The number of hydrogen-bond acceptors (Lipinski definition) is 2. The van der Waals surface area contributed by atoms with Crippen LogP contribution in [0.3, 0.4) is 0 Å². The van der Waals surface area contributed by atoms with Gasteiger partial charge in [0.1, 0.15) is 5.75 Å². The van der Waals surface area contributed by atoms with Crippen molar-refractivity contribution in [2.45, 2.75) is 19.8 Å². The van der Waals surface area contributed by atoms with Crippen LogP contribution >= 0.6 is 15.9 Å². The molecule has 0 spiro atoms. The van der Waals surface area contributed by atoms with E-state index in [9.17, 15) is 9.90 Å². The summed E-state index contributed by atoms with van der Waals surface area (Å²) in [6, 6.07) is 4.78. The number of hydrogen-bond donors (Lipinski definition) is 2.